The Morgan fingerprint density at radius 2 is 1.10 bits per heavy atom. The molecule has 0 radical (unpaired) electrons. The van der Waals surface area contributed by atoms with Gasteiger partial charge in [-0.2, -0.15) is 0 Å². The molecule has 3 aromatic carbocycles. The number of anilines is 1. The van der Waals surface area contributed by atoms with Crippen LogP contribution < -0.4 is 4.90 Å². The number of hydrogen-bond donors (Lipinski definition) is 0. The van der Waals surface area contributed by atoms with Crippen molar-refractivity contribution in [3.05, 3.63) is 98.1 Å². The molecule has 3 rings (SSSR count). The molecule has 0 atom stereocenters. The Morgan fingerprint density at radius 1 is 0.615 bits per heavy atom. The van der Waals surface area contributed by atoms with Crippen LogP contribution in [0.25, 0.3) is 23.3 Å². The highest BCUT2D eigenvalue weighted by Gasteiger charge is 2.23. The summed E-state index contributed by atoms with van der Waals surface area (Å²) in [5.74, 6) is 0. The molecule has 0 spiro atoms. The summed E-state index contributed by atoms with van der Waals surface area (Å²) in [6.07, 6.45) is 13.7. The van der Waals surface area contributed by atoms with Gasteiger partial charge in [0.05, 0.1) is 9.85 Å². The number of benzene rings is 3. The summed E-state index contributed by atoms with van der Waals surface area (Å²) in [5.41, 5.74) is 3.98. The van der Waals surface area contributed by atoms with E-state index in [1.165, 1.54) is 75.3 Å². The summed E-state index contributed by atoms with van der Waals surface area (Å²) in [7, 11) is 0. The fourth-order valence-corrected chi connectivity index (χ4v) is 4.62. The van der Waals surface area contributed by atoms with Gasteiger partial charge in [-0.05, 0) is 53.3 Å². The Balaban J connectivity index is 1.67. The van der Waals surface area contributed by atoms with E-state index in [0.29, 0.717) is 5.56 Å². The van der Waals surface area contributed by atoms with Gasteiger partial charge >= 0.3 is 11.4 Å². The van der Waals surface area contributed by atoms with Crippen LogP contribution >= 0.6 is 0 Å². The maximum Gasteiger partial charge on any atom is 0.346 e. The van der Waals surface area contributed by atoms with Crippen molar-refractivity contribution in [2.45, 2.75) is 65.2 Å². The summed E-state index contributed by atoms with van der Waals surface area (Å²) in [6, 6.07) is 20.8. The molecule has 3 aromatic rings. The maximum absolute atomic E-state index is 11.2. The van der Waals surface area contributed by atoms with E-state index in [0.717, 1.165) is 29.8 Å². The molecule has 0 aliphatic heterocycles. The lowest BCUT2D eigenvalue weighted by atomic mass is 10.0. The molecule has 0 heterocycles. The Kier molecular flexibility index (Phi) is 11.7. The Bertz CT molecular complexity index is 1230. The molecule has 0 saturated carbocycles. The Hall–Kier alpha value is -4.00. The fraction of sp³-hybridized carbons (Fsp3) is 0.375. The van der Waals surface area contributed by atoms with Crippen LogP contribution in [0.1, 0.15) is 76.3 Å². The number of rotatable bonds is 16. The minimum absolute atomic E-state index is 0.511. The normalized spacial score (nSPS) is 11.1. The molecule has 0 amide bonds. The van der Waals surface area contributed by atoms with E-state index in [9.17, 15) is 20.2 Å². The second-order valence-corrected chi connectivity index (χ2v) is 9.87. The van der Waals surface area contributed by atoms with Crippen molar-refractivity contribution < 1.29 is 9.85 Å². The van der Waals surface area contributed by atoms with Gasteiger partial charge in [-0.3, -0.25) is 20.2 Å². The molecule has 7 nitrogen and oxygen atoms in total. The molecule has 0 bridgehead atoms. The van der Waals surface area contributed by atoms with E-state index in [4.69, 9.17) is 0 Å². The van der Waals surface area contributed by atoms with E-state index in [1.54, 1.807) is 6.08 Å². The molecule has 0 aromatic heterocycles. The first kappa shape index (κ1) is 29.6. The van der Waals surface area contributed by atoms with Crippen LogP contribution in [0.5, 0.6) is 0 Å². The third-order valence-electron chi connectivity index (χ3n) is 6.90. The number of unbranched alkanes of at least 4 members (excludes halogenated alkanes) is 6. The van der Waals surface area contributed by atoms with E-state index in [1.807, 2.05) is 18.2 Å². The summed E-state index contributed by atoms with van der Waals surface area (Å²) in [4.78, 5) is 23.3. The van der Waals surface area contributed by atoms with Crippen LogP contribution in [0.2, 0.25) is 0 Å². The summed E-state index contributed by atoms with van der Waals surface area (Å²) < 4.78 is 0. The molecule has 39 heavy (non-hydrogen) atoms. The predicted octanol–water partition coefficient (Wildman–Crippen LogP) is 9.31. The summed E-state index contributed by atoms with van der Waals surface area (Å²) in [6.45, 7) is 6.70. The third-order valence-corrected chi connectivity index (χ3v) is 6.90. The predicted molar refractivity (Wildman–Crippen MR) is 161 cm³/mol. The Labute approximate surface area is 231 Å². The summed E-state index contributed by atoms with van der Waals surface area (Å²) >= 11 is 0. The van der Waals surface area contributed by atoms with E-state index >= 15 is 0 Å². The minimum atomic E-state index is -0.740. The van der Waals surface area contributed by atoms with Crippen LogP contribution in [-0.4, -0.2) is 22.9 Å². The van der Waals surface area contributed by atoms with Gasteiger partial charge in [0.15, 0.2) is 0 Å². The highest BCUT2D eigenvalue weighted by Crippen LogP contribution is 2.29. The average Bonchev–Trinajstić information content (AvgIpc) is 2.95. The van der Waals surface area contributed by atoms with Crippen molar-refractivity contribution in [2.75, 3.05) is 18.0 Å². The second-order valence-electron chi connectivity index (χ2n) is 9.87. The molecular weight excluding hydrogens is 490 g/mol. The van der Waals surface area contributed by atoms with E-state index in [-0.39, 0.29) is 0 Å². The SMILES string of the molecule is CCCCCCN(CCCCCC)c1ccc(-c2ccc(/C=C/c3ccc([N+](=O)[O-])c([N+](=O)[O-])c3)cc2)cc1. The van der Waals surface area contributed by atoms with E-state index < -0.39 is 21.2 Å². The van der Waals surface area contributed by atoms with Crippen molar-refractivity contribution in [2.24, 2.45) is 0 Å². The molecular formula is C32H39N3O4. The lowest BCUT2D eigenvalue weighted by molar-refractivity contribution is -0.422. The highest BCUT2D eigenvalue weighted by molar-refractivity contribution is 5.74. The molecule has 0 unspecified atom stereocenters. The number of nitrogens with zero attached hydrogens (tertiary/aromatic N) is 3. The first-order valence-electron chi connectivity index (χ1n) is 14.0. The molecule has 0 N–H and O–H groups in total. The van der Waals surface area contributed by atoms with Crippen molar-refractivity contribution in [3.63, 3.8) is 0 Å². The zero-order valence-electron chi connectivity index (χ0n) is 23.1. The molecule has 0 aliphatic rings. The van der Waals surface area contributed by atoms with Gasteiger partial charge in [-0.15, -0.1) is 0 Å². The lowest BCUT2D eigenvalue weighted by Crippen LogP contribution is -2.25. The topological polar surface area (TPSA) is 89.5 Å². The molecule has 0 aliphatic carbocycles. The first-order chi connectivity index (χ1) is 18.9. The number of hydrogen-bond acceptors (Lipinski definition) is 5. The van der Waals surface area contributed by atoms with Crippen LogP contribution in [0.4, 0.5) is 17.1 Å². The molecule has 206 valence electrons. The van der Waals surface area contributed by atoms with Gasteiger partial charge in [0.2, 0.25) is 0 Å². The largest absolute Gasteiger partial charge is 0.372 e. The van der Waals surface area contributed by atoms with Crippen LogP contribution in [0.3, 0.4) is 0 Å². The van der Waals surface area contributed by atoms with Crippen molar-refractivity contribution in [3.8, 4) is 11.1 Å². The van der Waals surface area contributed by atoms with Crippen molar-refractivity contribution in [1.82, 2.24) is 0 Å². The monoisotopic (exact) mass is 529 g/mol. The highest BCUT2D eigenvalue weighted by atomic mass is 16.6. The molecule has 7 heteroatoms. The van der Waals surface area contributed by atoms with Crippen molar-refractivity contribution in [1.29, 1.82) is 0 Å². The van der Waals surface area contributed by atoms with Gasteiger partial charge in [-0.1, -0.05) is 101 Å². The number of nitro groups is 2. The maximum atomic E-state index is 11.2. The first-order valence-corrected chi connectivity index (χ1v) is 14.0. The zero-order chi connectivity index (χ0) is 28.0. The fourth-order valence-electron chi connectivity index (χ4n) is 4.62. The van der Waals surface area contributed by atoms with E-state index in [2.05, 4.69) is 55.1 Å². The van der Waals surface area contributed by atoms with Gasteiger partial charge in [0.25, 0.3) is 0 Å². The average molecular weight is 530 g/mol. The van der Waals surface area contributed by atoms with Crippen LogP contribution in [0.15, 0.2) is 66.7 Å². The third kappa shape index (κ3) is 9.06. The van der Waals surface area contributed by atoms with Crippen molar-refractivity contribution >= 4 is 29.2 Å². The molecule has 0 fully saturated rings. The quantitative estimate of drug-likeness (QED) is 0.0798. The van der Waals surface area contributed by atoms with Gasteiger partial charge in [-0.25, -0.2) is 0 Å². The van der Waals surface area contributed by atoms with Crippen LogP contribution in [0, 0.1) is 20.2 Å². The molecule has 0 saturated heterocycles. The second kappa shape index (κ2) is 15.4. The van der Waals surface area contributed by atoms with Gasteiger partial charge in [0.1, 0.15) is 0 Å². The minimum Gasteiger partial charge on any atom is -0.372 e. The smallest absolute Gasteiger partial charge is 0.346 e. The van der Waals surface area contributed by atoms with Crippen LogP contribution in [-0.2, 0) is 0 Å². The number of nitro benzene ring substituents is 2. The van der Waals surface area contributed by atoms with Gasteiger partial charge in [0, 0.05) is 30.9 Å². The lowest BCUT2D eigenvalue weighted by Gasteiger charge is -2.25. The summed E-state index contributed by atoms with van der Waals surface area (Å²) in [5, 5.41) is 22.2. The standard InChI is InChI=1S/C32H39N3O4/c1-3-5-7-9-23-33(24-10-8-6-4-2)30-20-18-29(19-21-30)28-16-13-26(14-17-28)11-12-27-15-22-31(34(36)37)32(25-27)35(38)39/h11-22,25H,3-10,23-24H2,1-2H3/b12-11+. The zero-order valence-corrected chi connectivity index (χ0v) is 23.1. The van der Waals surface area contributed by atoms with Gasteiger partial charge < -0.3 is 4.90 Å². The Morgan fingerprint density at radius 3 is 1.62 bits per heavy atom.